The molecule has 1 fully saturated rings. The third kappa shape index (κ3) is 5.24. The Hall–Kier alpha value is -3.02. The Balaban J connectivity index is 1.43. The Morgan fingerprint density at radius 1 is 1.00 bits per heavy atom. The quantitative estimate of drug-likeness (QED) is 0.722. The molecule has 1 aliphatic rings. The van der Waals surface area contributed by atoms with Crippen molar-refractivity contribution >= 4 is 11.9 Å². The second-order valence-corrected chi connectivity index (χ2v) is 6.26. The molecule has 2 aromatic carbocycles. The lowest BCUT2D eigenvalue weighted by Crippen LogP contribution is -2.44. The molecule has 0 aliphatic heterocycles. The molecule has 6 nitrogen and oxygen atoms in total. The van der Waals surface area contributed by atoms with Crippen LogP contribution in [0.15, 0.2) is 54.6 Å². The zero-order chi connectivity index (χ0) is 18.4. The van der Waals surface area contributed by atoms with Gasteiger partial charge in [0.15, 0.2) is 6.61 Å². The number of carbonyl (C=O) groups is 2. The van der Waals surface area contributed by atoms with Gasteiger partial charge in [0.2, 0.25) is 0 Å². The number of aliphatic carboxylic acids is 1. The molecule has 136 valence electrons. The zero-order valence-corrected chi connectivity index (χ0v) is 14.3. The van der Waals surface area contributed by atoms with Crippen molar-refractivity contribution in [2.45, 2.75) is 25.5 Å². The number of benzene rings is 2. The molecule has 0 radical (unpaired) electrons. The lowest BCUT2D eigenvalue weighted by molar-refractivity contribution is -0.142. The molecular weight excluding hydrogens is 334 g/mol. The molecule has 0 aromatic heterocycles. The Morgan fingerprint density at radius 3 is 2.19 bits per heavy atom. The van der Waals surface area contributed by atoms with Gasteiger partial charge in [0.05, 0.1) is 0 Å². The monoisotopic (exact) mass is 355 g/mol. The van der Waals surface area contributed by atoms with Crippen molar-refractivity contribution in [1.29, 1.82) is 0 Å². The van der Waals surface area contributed by atoms with Crippen LogP contribution in [0.5, 0.6) is 11.5 Å². The molecule has 1 amide bonds. The average molecular weight is 355 g/mol. The number of carboxylic acid groups (broad SMARTS) is 1. The number of carbonyl (C=O) groups excluding carboxylic acids is 1. The van der Waals surface area contributed by atoms with Crippen molar-refractivity contribution < 1.29 is 24.2 Å². The minimum absolute atomic E-state index is 0.0393. The summed E-state index contributed by atoms with van der Waals surface area (Å²) in [6, 6.07) is 16.0. The standard InChI is InChI=1S/C20H21NO5/c22-18(21-19(20(23)24)15-6-7-15)13-26-17-10-8-16(9-11-17)25-12-14-4-2-1-3-5-14/h1-5,8-11,15,19H,6-7,12-13H2,(H,21,22)(H,23,24). The molecule has 3 rings (SSSR count). The molecule has 2 N–H and O–H groups in total. The van der Waals surface area contributed by atoms with E-state index in [1.54, 1.807) is 24.3 Å². The summed E-state index contributed by atoms with van der Waals surface area (Å²) in [7, 11) is 0. The summed E-state index contributed by atoms with van der Waals surface area (Å²) in [6.45, 7) is 0.252. The largest absolute Gasteiger partial charge is 0.489 e. The zero-order valence-electron chi connectivity index (χ0n) is 14.3. The molecule has 1 aliphatic carbocycles. The van der Waals surface area contributed by atoms with Gasteiger partial charge in [-0.15, -0.1) is 0 Å². The van der Waals surface area contributed by atoms with Crippen molar-refractivity contribution in [3.8, 4) is 11.5 Å². The van der Waals surface area contributed by atoms with Crippen molar-refractivity contribution in [2.75, 3.05) is 6.61 Å². The van der Waals surface area contributed by atoms with Gasteiger partial charge in [0.25, 0.3) is 5.91 Å². The van der Waals surface area contributed by atoms with Crippen LogP contribution in [-0.4, -0.2) is 29.6 Å². The van der Waals surface area contributed by atoms with Crippen molar-refractivity contribution in [3.63, 3.8) is 0 Å². The van der Waals surface area contributed by atoms with Gasteiger partial charge in [-0.2, -0.15) is 0 Å². The molecule has 1 unspecified atom stereocenters. The Kier molecular flexibility index (Phi) is 5.73. The fourth-order valence-electron chi connectivity index (χ4n) is 2.55. The smallest absolute Gasteiger partial charge is 0.326 e. The van der Waals surface area contributed by atoms with E-state index in [0.717, 1.165) is 18.4 Å². The van der Waals surface area contributed by atoms with Gasteiger partial charge < -0.3 is 19.9 Å². The molecule has 0 saturated heterocycles. The third-order valence-corrected chi connectivity index (χ3v) is 4.12. The number of amides is 1. The van der Waals surface area contributed by atoms with Crippen LogP contribution in [0.25, 0.3) is 0 Å². The van der Waals surface area contributed by atoms with Gasteiger partial charge in [-0.3, -0.25) is 4.79 Å². The Morgan fingerprint density at radius 2 is 1.62 bits per heavy atom. The molecule has 1 saturated carbocycles. The lowest BCUT2D eigenvalue weighted by atomic mass is 10.2. The van der Waals surface area contributed by atoms with E-state index in [2.05, 4.69) is 5.32 Å². The van der Waals surface area contributed by atoms with Crippen LogP contribution in [0.4, 0.5) is 0 Å². The fraction of sp³-hybridized carbons (Fsp3) is 0.300. The van der Waals surface area contributed by atoms with Crippen LogP contribution >= 0.6 is 0 Å². The highest BCUT2D eigenvalue weighted by molar-refractivity contribution is 5.84. The van der Waals surface area contributed by atoms with E-state index in [1.807, 2.05) is 30.3 Å². The maximum absolute atomic E-state index is 11.9. The summed E-state index contributed by atoms with van der Waals surface area (Å²) >= 11 is 0. The summed E-state index contributed by atoms with van der Waals surface area (Å²) in [5.41, 5.74) is 1.08. The highest BCUT2D eigenvalue weighted by Gasteiger charge is 2.37. The molecule has 0 bridgehead atoms. The number of ether oxygens (including phenoxy) is 2. The van der Waals surface area contributed by atoms with Crippen molar-refractivity contribution in [3.05, 3.63) is 60.2 Å². The van der Waals surface area contributed by atoms with Crippen LogP contribution in [0, 0.1) is 5.92 Å². The normalized spacial score (nSPS) is 14.3. The highest BCUT2D eigenvalue weighted by Crippen LogP contribution is 2.32. The predicted octanol–water partition coefficient (Wildman–Crippen LogP) is 2.62. The van der Waals surface area contributed by atoms with Gasteiger partial charge in [-0.05, 0) is 48.6 Å². The summed E-state index contributed by atoms with van der Waals surface area (Å²) in [6.07, 6.45) is 1.67. The molecule has 26 heavy (non-hydrogen) atoms. The summed E-state index contributed by atoms with van der Waals surface area (Å²) in [5, 5.41) is 11.6. The van der Waals surface area contributed by atoms with E-state index in [9.17, 15) is 9.59 Å². The van der Waals surface area contributed by atoms with Crippen LogP contribution in [0.2, 0.25) is 0 Å². The Labute approximate surface area is 151 Å². The summed E-state index contributed by atoms with van der Waals surface area (Å²) in [5.74, 6) is -0.178. The van der Waals surface area contributed by atoms with E-state index in [4.69, 9.17) is 14.6 Å². The maximum atomic E-state index is 11.9. The molecule has 2 aromatic rings. The van der Waals surface area contributed by atoms with Crippen LogP contribution in [0.3, 0.4) is 0 Å². The molecule has 0 spiro atoms. The highest BCUT2D eigenvalue weighted by atomic mass is 16.5. The first-order chi connectivity index (χ1) is 12.6. The maximum Gasteiger partial charge on any atom is 0.326 e. The van der Waals surface area contributed by atoms with E-state index >= 15 is 0 Å². The second kappa shape index (κ2) is 8.38. The number of nitrogens with one attached hydrogen (secondary N) is 1. The van der Waals surface area contributed by atoms with Gasteiger partial charge in [-0.1, -0.05) is 30.3 Å². The van der Waals surface area contributed by atoms with Crippen LogP contribution < -0.4 is 14.8 Å². The number of carboxylic acids is 1. The predicted molar refractivity (Wildman–Crippen MR) is 95.0 cm³/mol. The van der Waals surface area contributed by atoms with E-state index < -0.39 is 17.9 Å². The van der Waals surface area contributed by atoms with Crippen molar-refractivity contribution in [2.24, 2.45) is 5.92 Å². The van der Waals surface area contributed by atoms with Crippen LogP contribution in [-0.2, 0) is 16.2 Å². The molecule has 0 heterocycles. The lowest BCUT2D eigenvalue weighted by Gasteiger charge is -2.14. The Bertz CT molecular complexity index is 741. The first-order valence-corrected chi connectivity index (χ1v) is 8.53. The van der Waals surface area contributed by atoms with E-state index in [0.29, 0.717) is 18.1 Å². The van der Waals surface area contributed by atoms with Gasteiger partial charge in [0, 0.05) is 0 Å². The van der Waals surface area contributed by atoms with E-state index in [1.165, 1.54) is 0 Å². The topological polar surface area (TPSA) is 84.9 Å². The third-order valence-electron chi connectivity index (χ3n) is 4.12. The molecule has 1 atom stereocenters. The average Bonchev–Trinajstić information content (AvgIpc) is 3.49. The minimum Gasteiger partial charge on any atom is -0.489 e. The first kappa shape index (κ1) is 17.8. The van der Waals surface area contributed by atoms with Gasteiger partial charge in [-0.25, -0.2) is 4.79 Å². The molecular formula is C20H21NO5. The molecule has 6 heteroatoms. The van der Waals surface area contributed by atoms with Gasteiger partial charge >= 0.3 is 5.97 Å². The summed E-state index contributed by atoms with van der Waals surface area (Å²) < 4.78 is 11.1. The van der Waals surface area contributed by atoms with Crippen molar-refractivity contribution in [1.82, 2.24) is 5.32 Å². The second-order valence-electron chi connectivity index (χ2n) is 6.26. The van der Waals surface area contributed by atoms with E-state index in [-0.39, 0.29) is 12.5 Å². The summed E-state index contributed by atoms with van der Waals surface area (Å²) in [4.78, 5) is 23.0. The van der Waals surface area contributed by atoms with Gasteiger partial charge in [0.1, 0.15) is 24.1 Å². The minimum atomic E-state index is -0.999. The van der Waals surface area contributed by atoms with Crippen LogP contribution in [0.1, 0.15) is 18.4 Å². The SMILES string of the molecule is O=C(COc1ccc(OCc2ccccc2)cc1)NC(C(=O)O)C1CC1. The first-order valence-electron chi connectivity index (χ1n) is 8.53. The number of hydrogen-bond acceptors (Lipinski definition) is 4. The fourth-order valence-corrected chi connectivity index (χ4v) is 2.55. The number of rotatable bonds is 9. The number of hydrogen-bond donors (Lipinski definition) is 2.